The van der Waals surface area contributed by atoms with E-state index in [1.165, 1.54) is 11.8 Å². The van der Waals surface area contributed by atoms with Crippen molar-refractivity contribution in [3.05, 3.63) is 64.6 Å². The lowest BCUT2D eigenvalue weighted by Gasteiger charge is -2.14. The number of aryl methyl sites for hydroxylation is 1. The van der Waals surface area contributed by atoms with Crippen LogP contribution >= 0.6 is 24.0 Å². The van der Waals surface area contributed by atoms with E-state index >= 15 is 0 Å². The fourth-order valence-electron chi connectivity index (χ4n) is 2.42. The first kappa shape index (κ1) is 18.2. The lowest BCUT2D eigenvalue weighted by Crippen LogP contribution is -2.27. The SMILES string of the molecule is Cc1cccc(N2C(=O)/C(=C\c3ccc(OCC(N)=O)cc3)SC2=S)c1. The smallest absolute Gasteiger partial charge is 0.270 e. The number of nitrogens with two attached hydrogens (primary N) is 1. The van der Waals surface area contributed by atoms with Crippen LogP contribution in [0.25, 0.3) is 6.08 Å². The van der Waals surface area contributed by atoms with Gasteiger partial charge in [-0.2, -0.15) is 0 Å². The van der Waals surface area contributed by atoms with E-state index in [4.69, 9.17) is 22.7 Å². The third kappa shape index (κ3) is 4.12. The van der Waals surface area contributed by atoms with Gasteiger partial charge >= 0.3 is 0 Å². The van der Waals surface area contributed by atoms with Crippen LogP contribution in [0.2, 0.25) is 0 Å². The van der Waals surface area contributed by atoms with Crippen LogP contribution in [0.5, 0.6) is 5.75 Å². The van der Waals surface area contributed by atoms with Crippen LogP contribution in [0.15, 0.2) is 53.4 Å². The van der Waals surface area contributed by atoms with Gasteiger partial charge < -0.3 is 10.5 Å². The van der Waals surface area contributed by atoms with E-state index in [-0.39, 0.29) is 12.5 Å². The zero-order valence-corrected chi connectivity index (χ0v) is 15.6. The third-order valence-corrected chi connectivity index (χ3v) is 4.91. The molecular formula is C19H16N2O3S2. The van der Waals surface area contributed by atoms with Crippen LogP contribution in [-0.4, -0.2) is 22.7 Å². The van der Waals surface area contributed by atoms with Crippen molar-refractivity contribution < 1.29 is 14.3 Å². The lowest BCUT2D eigenvalue weighted by molar-refractivity contribution is -0.120. The summed E-state index contributed by atoms with van der Waals surface area (Å²) in [4.78, 5) is 25.6. The Kier molecular flexibility index (Phi) is 5.39. The van der Waals surface area contributed by atoms with Crippen LogP contribution in [-0.2, 0) is 9.59 Å². The molecule has 0 aliphatic carbocycles. The van der Waals surface area contributed by atoms with Crippen molar-refractivity contribution in [2.45, 2.75) is 6.92 Å². The molecule has 2 aromatic carbocycles. The molecule has 2 aromatic rings. The van der Waals surface area contributed by atoms with Crippen molar-refractivity contribution in [2.24, 2.45) is 5.73 Å². The monoisotopic (exact) mass is 384 g/mol. The van der Waals surface area contributed by atoms with Gasteiger partial charge in [0.25, 0.3) is 11.8 Å². The first-order valence-electron chi connectivity index (χ1n) is 7.80. The average molecular weight is 384 g/mol. The number of hydrogen-bond acceptors (Lipinski definition) is 5. The van der Waals surface area contributed by atoms with Crippen LogP contribution in [0.3, 0.4) is 0 Å². The summed E-state index contributed by atoms with van der Waals surface area (Å²) in [5, 5.41) is 0. The molecule has 0 spiro atoms. The van der Waals surface area contributed by atoms with Crippen LogP contribution < -0.4 is 15.4 Å². The zero-order chi connectivity index (χ0) is 18.7. The largest absolute Gasteiger partial charge is 0.484 e. The van der Waals surface area contributed by atoms with E-state index in [1.807, 2.05) is 31.2 Å². The molecule has 1 heterocycles. The van der Waals surface area contributed by atoms with Gasteiger partial charge in [0.1, 0.15) is 5.75 Å². The molecule has 2 N–H and O–H groups in total. The normalized spacial score (nSPS) is 15.6. The highest BCUT2D eigenvalue weighted by Gasteiger charge is 2.33. The fraction of sp³-hybridized carbons (Fsp3) is 0.105. The van der Waals surface area contributed by atoms with Crippen molar-refractivity contribution >= 4 is 51.9 Å². The Labute approximate surface area is 160 Å². The molecule has 5 nitrogen and oxygen atoms in total. The summed E-state index contributed by atoms with van der Waals surface area (Å²) in [6.07, 6.45) is 1.78. The zero-order valence-electron chi connectivity index (χ0n) is 14.0. The summed E-state index contributed by atoms with van der Waals surface area (Å²) in [6, 6.07) is 14.7. The van der Waals surface area contributed by atoms with Crippen LogP contribution in [0, 0.1) is 6.92 Å². The number of carbonyl (C=O) groups is 2. The second kappa shape index (κ2) is 7.72. The maximum Gasteiger partial charge on any atom is 0.270 e. The van der Waals surface area contributed by atoms with Crippen molar-refractivity contribution in [3.63, 3.8) is 0 Å². The topological polar surface area (TPSA) is 72.6 Å². The highest BCUT2D eigenvalue weighted by molar-refractivity contribution is 8.27. The maximum absolute atomic E-state index is 12.7. The number of nitrogens with zero attached hydrogens (tertiary/aromatic N) is 1. The molecule has 0 bridgehead atoms. The van der Waals surface area contributed by atoms with Gasteiger partial charge in [0.05, 0.1) is 10.6 Å². The molecule has 1 aliphatic heterocycles. The van der Waals surface area contributed by atoms with E-state index < -0.39 is 5.91 Å². The molecule has 7 heteroatoms. The highest BCUT2D eigenvalue weighted by atomic mass is 32.2. The van der Waals surface area contributed by atoms with E-state index in [9.17, 15) is 9.59 Å². The molecule has 0 saturated carbocycles. The van der Waals surface area contributed by atoms with Crippen LogP contribution in [0.1, 0.15) is 11.1 Å². The molecule has 0 aromatic heterocycles. The molecule has 1 saturated heterocycles. The summed E-state index contributed by atoms with van der Waals surface area (Å²) in [6.45, 7) is 1.80. The minimum Gasteiger partial charge on any atom is -0.484 e. The number of ether oxygens (including phenoxy) is 1. The lowest BCUT2D eigenvalue weighted by atomic mass is 10.2. The highest BCUT2D eigenvalue weighted by Crippen LogP contribution is 2.36. The van der Waals surface area contributed by atoms with Gasteiger partial charge in [0, 0.05) is 0 Å². The molecule has 2 amide bonds. The molecular weight excluding hydrogens is 368 g/mol. The molecule has 0 atom stereocenters. The molecule has 1 fully saturated rings. The first-order valence-corrected chi connectivity index (χ1v) is 9.02. The van der Waals surface area contributed by atoms with Crippen LogP contribution in [0.4, 0.5) is 5.69 Å². The van der Waals surface area contributed by atoms with Gasteiger partial charge in [-0.3, -0.25) is 14.5 Å². The summed E-state index contributed by atoms with van der Waals surface area (Å²) in [5.41, 5.74) is 7.71. The molecule has 132 valence electrons. The number of carbonyl (C=O) groups excluding carboxylic acids is 2. The molecule has 26 heavy (non-hydrogen) atoms. The van der Waals surface area contributed by atoms with E-state index in [0.717, 1.165) is 16.8 Å². The number of rotatable bonds is 5. The standard InChI is InChI=1S/C19H16N2O3S2/c1-12-3-2-4-14(9-12)21-18(23)16(26-19(21)25)10-13-5-7-15(8-6-13)24-11-17(20)22/h2-10H,11H2,1H3,(H2,20,22)/b16-10+. The van der Waals surface area contributed by atoms with Gasteiger partial charge in [0.15, 0.2) is 10.9 Å². The van der Waals surface area contributed by atoms with Gasteiger partial charge in [-0.05, 0) is 48.4 Å². The second-order valence-electron chi connectivity index (χ2n) is 5.68. The minimum atomic E-state index is -0.533. The summed E-state index contributed by atoms with van der Waals surface area (Å²) < 4.78 is 5.73. The number of thiocarbonyl (C=S) groups is 1. The van der Waals surface area contributed by atoms with E-state index in [2.05, 4.69) is 0 Å². The van der Waals surface area contributed by atoms with Gasteiger partial charge in [-0.15, -0.1) is 0 Å². The van der Waals surface area contributed by atoms with Crippen molar-refractivity contribution in [1.29, 1.82) is 0 Å². The van der Waals surface area contributed by atoms with Crippen molar-refractivity contribution in [1.82, 2.24) is 0 Å². The molecule has 0 unspecified atom stereocenters. The van der Waals surface area contributed by atoms with Gasteiger partial charge in [-0.25, -0.2) is 0 Å². The van der Waals surface area contributed by atoms with E-state index in [0.29, 0.717) is 15.0 Å². The Morgan fingerprint density at radius 1 is 1.27 bits per heavy atom. The Hall–Kier alpha value is -2.64. The third-order valence-electron chi connectivity index (χ3n) is 3.61. The number of primary amides is 1. The minimum absolute atomic E-state index is 0.139. The van der Waals surface area contributed by atoms with E-state index in [1.54, 1.807) is 35.2 Å². The predicted octanol–water partition coefficient (Wildman–Crippen LogP) is 3.26. The Morgan fingerprint density at radius 3 is 2.65 bits per heavy atom. The number of anilines is 1. The fourth-order valence-corrected chi connectivity index (χ4v) is 3.72. The number of hydrogen-bond donors (Lipinski definition) is 1. The number of amides is 2. The first-order chi connectivity index (χ1) is 12.4. The van der Waals surface area contributed by atoms with Gasteiger partial charge in [-0.1, -0.05) is 48.2 Å². The molecule has 3 rings (SSSR count). The summed E-state index contributed by atoms with van der Waals surface area (Å²) in [5.74, 6) is -0.137. The summed E-state index contributed by atoms with van der Waals surface area (Å²) >= 11 is 6.65. The van der Waals surface area contributed by atoms with Crippen molar-refractivity contribution in [2.75, 3.05) is 11.5 Å². The predicted molar refractivity (Wildman–Crippen MR) is 108 cm³/mol. The maximum atomic E-state index is 12.7. The number of thioether (sulfide) groups is 1. The molecule has 1 aliphatic rings. The Bertz CT molecular complexity index is 907. The van der Waals surface area contributed by atoms with Crippen molar-refractivity contribution in [3.8, 4) is 5.75 Å². The van der Waals surface area contributed by atoms with Gasteiger partial charge in [0.2, 0.25) is 0 Å². The second-order valence-corrected chi connectivity index (χ2v) is 7.36. The Morgan fingerprint density at radius 2 is 2.00 bits per heavy atom. The quantitative estimate of drug-likeness (QED) is 0.633. The molecule has 0 radical (unpaired) electrons. The summed E-state index contributed by atoms with van der Waals surface area (Å²) in [7, 11) is 0. The Balaban J connectivity index is 1.78. The average Bonchev–Trinajstić information content (AvgIpc) is 2.88. The number of benzene rings is 2.